The molecule has 1 aromatic rings. The molecular weight excluding hydrogens is 284 g/mol. The molecule has 2 unspecified atom stereocenters. The topological polar surface area (TPSA) is 52.6 Å². The van der Waals surface area contributed by atoms with Gasteiger partial charge in [-0.3, -0.25) is 4.79 Å². The predicted molar refractivity (Wildman–Crippen MR) is 84.3 cm³/mol. The van der Waals surface area contributed by atoms with Crippen LogP contribution in [0.4, 0.5) is 0 Å². The lowest BCUT2D eigenvalue weighted by molar-refractivity contribution is -0.131. The van der Waals surface area contributed by atoms with E-state index in [0.29, 0.717) is 12.5 Å². The molecule has 2 heterocycles. The van der Waals surface area contributed by atoms with Crippen molar-refractivity contribution in [2.24, 2.45) is 5.92 Å². The van der Waals surface area contributed by atoms with Crippen molar-refractivity contribution in [3.8, 4) is 0 Å². The maximum Gasteiger partial charge on any atom is 0.236 e. The highest BCUT2D eigenvalue weighted by Crippen LogP contribution is 2.24. The fourth-order valence-corrected chi connectivity index (χ4v) is 4.25. The number of nitrogens with one attached hydrogen (secondary N) is 1. The number of aliphatic hydroxyl groups excluding tert-OH is 1. The maximum atomic E-state index is 12.3. The van der Waals surface area contributed by atoms with Gasteiger partial charge in [-0.05, 0) is 42.2 Å². The van der Waals surface area contributed by atoms with E-state index in [4.69, 9.17) is 0 Å². The van der Waals surface area contributed by atoms with Crippen LogP contribution in [0.25, 0.3) is 0 Å². The van der Waals surface area contributed by atoms with Gasteiger partial charge >= 0.3 is 0 Å². The van der Waals surface area contributed by atoms with Crippen LogP contribution in [0.15, 0.2) is 11.4 Å². The van der Waals surface area contributed by atoms with Gasteiger partial charge in [0.15, 0.2) is 0 Å². The molecule has 1 saturated carbocycles. The smallest absolute Gasteiger partial charge is 0.236 e. The maximum absolute atomic E-state index is 12.3. The minimum Gasteiger partial charge on any atom is -0.393 e. The molecule has 1 aliphatic carbocycles. The summed E-state index contributed by atoms with van der Waals surface area (Å²) in [4.78, 5) is 15.6. The number of aliphatic hydroxyl groups is 1. The summed E-state index contributed by atoms with van der Waals surface area (Å²) in [7, 11) is 0. The number of carbonyl (C=O) groups is 1. The van der Waals surface area contributed by atoms with Crippen molar-refractivity contribution in [2.75, 3.05) is 19.6 Å². The third-order valence-corrected chi connectivity index (χ3v) is 5.74. The predicted octanol–water partition coefficient (Wildman–Crippen LogP) is 1.77. The van der Waals surface area contributed by atoms with E-state index >= 15 is 0 Å². The summed E-state index contributed by atoms with van der Waals surface area (Å²) in [5, 5.41) is 15.3. The van der Waals surface area contributed by atoms with E-state index in [1.165, 1.54) is 16.9 Å². The van der Waals surface area contributed by atoms with E-state index < -0.39 is 0 Å². The van der Waals surface area contributed by atoms with Gasteiger partial charge in [0, 0.05) is 24.5 Å². The molecule has 1 aromatic heterocycles. The SMILES string of the molecule is O=C(CNCC1CCCCC1O)N1CCc2sccc2C1. The van der Waals surface area contributed by atoms with Crippen molar-refractivity contribution in [2.45, 2.75) is 44.8 Å². The number of rotatable bonds is 4. The van der Waals surface area contributed by atoms with Crippen LogP contribution in [0, 0.1) is 5.92 Å². The van der Waals surface area contributed by atoms with Gasteiger partial charge in [-0.1, -0.05) is 12.8 Å². The van der Waals surface area contributed by atoms with Crippen molar-refractivity contribution < 1.29 is 9.90 Å². The number of hydrogen-bond donors (Lipinski definition) is 2. The summed E-state index contributed by atoms with van der Waals surface area (Å²) in [6, 6.07) is 2.13. The number of fused-ring (bicyclic) bond motifs is 1. The monoisotopic (exact) mass is 308 g/mol. The van der Waals surface area contributed by atoms with Gasteiger partial charge in [0.2, 0.25) is 5.91 Å². The summed E-state index contributed by atoms with van der Waals surface area (Å²) in [6.45, 7) is 2.73. The Morgan fingerprint density at radius 2 is 2.29 bits per heavy atom. The molecule has 0 spiro atoms. The Balaban J connectivity index is 1.42. The quantitative estimate of drug-likeness (QED) is 0.891. The largest absolute Gasteiger partial charge is 0.393 e. The highest BCUT2D eigenvalue weighted by Gasteiger charge is 2.24. The fraction of sp³-hybridized carbons (Fsp3) is 0.688. The van der Waals surface area contributed by atoms with Gasteiger partial charge < -0.3 is 15.3 Å². The molecule has 2 atom stereocenters. The van der Waals surface area contributed by atoms with E-state index in [2.05, 4.69) is 16.8 Å². The minimum absolute atomic E-state index is 0.178. The molecule has 1 fully saturated rings. The average molecular weight is 308 g/mol. The highest BCUT2D eigenvalue weighted by atomic mass is 32.1. The molecular formula is C16H24N2O2S. The Bertz CT molecular complexity index is 488. The summed E-state index contributed by atoms with van der Waals surface area (Å²) in [5.74, 6) is 0.494. The van der Waals surface area contributed by atoms with Gasteiger partial charge in [-0.25, -0.2) is 0 Å². The zero-order valence-corrected chi connectivity index (χ0v) is 13.2. The number of thiophene rings is 1. The number of hydrogen-bond acceptors (Lipinski definition) is 4. The minimum atomic E-state index is -0.190. The van der Waals surface area contributed by atoms with Crippen molar-refractivity contribution in [3.05, 3.63) is 21.9 Å². The Hall–Kier alpha value is -0.910. The zero-order valence-electron chi connectivity index (χ0n) is 12.4. The molecule has 116 valence electrons. The van der Waals surface area contributed by atoms with Gasteiger partial charge in [-0.15, -0.1) is 11.3 Å². The third-order valence-electron chi connectivity index (χ3n) is 4.71. The molecule has 2 N–H and O–H groups in total. The molecule has 0 aromatic carbocycles. The van der Waals surface area contributed by atoms with Crippen molar-refractivity contribution in [1.82, 2.24) is 10.2 Å². The third kappa shape index (κ3) is 3.65. The van der Waals surface area contributed by atoms with Crippen LogP contribution in [-0.2, 0) is 17.8 Å². The fourth-order valence-electron chi connectivity index (χ4n) is 3.36. The number of carbonyl (C=O) groups excluding carboxylic acids is 1. The molecule has 3 rings (SSSR count). The van der Waals surface area contributed by atoms with Gasteiger partial charge in [0.05, 0.1) is 12.6 Å². The van der Waals surface area contributed by atoms with E-state index in [1.54, 1.807) is 11.3 Å². The number of nitrogens with zero attached hydrogens (tertiary/aromatic N) is 1. The second-order valence-electron chi connectivity index (χ2n) is 6.18. The molecule has 0 radical (unpaired) electrons. The van der Waals surface area contributed by atoms with Gasteiger partial charge in [0.1, 0.15) is 0 Å². The van der Waals surface area contributed by atoms with E-state index in [-0.39, 0.29) is 12.0 Å². The summed E-state index contributed by atoms with van der Waals surface area (Å²) in [5.41, 5.74) is 1.31. The summed E-state index contributed by atoms with van der Waals surface area (Å²) >= 11 is 1.79. The molecule has 4 nitrogen and oxygen atoms in total. The lowest BCUT2D eigenvalue weighted by Gasteiger charge is -2.29. The molecule has 0 saturated heterocycles. The summed E-state index contributed by atoms with van der Waals surface area (Å²) < 4.78 is 0. The normalized spacial score (nSPS) is 25.7. The van der Waals surface area contributed by atoms with E-state index in [1.807, 2.05) is 4.90 Å². The summed E-state index contributed by atoms with van der Waals surface area (Å²) in [6.07, 6.45) is 5.11. The van der Waals surface area contributed by atoms with Crippen LogP contribution in [-0.4, -0.2) is 41.7 Å². The molecule has 1 aliphatic heterocycles. The van der Waals surface area contributed by atoms with Crippen LogP contribution in [0.1, 0.15) is 36.1 Å². The average Bonchev–Trinajstić information content (AvgIpc) is 2.96. The molecule has 1 amide bonds. The van der Waals surface area contributed by atoms with E-state index in [0.717, 1.165) is 45.3 Å². The molecule has 2 aliphatic rings. The Labute approximate surface area is 130 Å². The van der Waals surface area contributed by atoms with Crippen LogP contribution in [0.3, 0.4) is 0 Å². The zero-order chi connectivity index (χ0) is 14.7. The Morgan fingerprint density at radius 1 is 1.43 bits per heavy atom. The second kappa shape index (κ2) is 6.90. The first kappa shape index (κ1) is 15.0. The number of amides is 1. The standard InChI is InChI=1S/C16H24N2O2S/c19-14-4-2-1-3-12(14)9-17-10-16(20)18-7-5-15-13(11-18)6-8-21-15/h6,8,12,14,17,19H,1-5,7,9-11H2. The van der Waals surface area contributed by atoms with Crippen molar-refractivity contribution in [1.29, 1.82) is 0 Å². The van der Waals surface area contributed by atoms with Crippen LogP contribution >= 0.6 is 11.3 Å². The lowest BCUT2D eigenvalue weighted by atomic mass is 9.86. The first-order valence-electron chi connectivity index (χ1n) is 7.96. The van der Waals surface area contributed by atoms with Gasteiger partial charge in [0.25, 0.3) is 0 Å². The molecule has 5 heteroatoms. The molecule has 0 bridgehead atoms. The van der Waals surface area contributed by atoms with Crippen molar-refractivity contribution in [3.63, 3.8) is 0 Å². The first-order chi connectivity index (χ1) is 10.2. The van der Waals surface area contributed by atoms with Crippen molar-refractivity contribution >= 4 is 17.2 Å². The molecule has 21 heavy (non-hydrogen) atoms. The van der Waals surface area contributed by atoms with E-state index in [9.17, 15) is 9.90 Å². The Kier molecular flexibility index (Phi) is 4.93. The van der Waals surface area contributed by atoms with Crippen LogP contribution in [0.2, 0.25) is 0 Å². The van der Waals surface area contributed by atoms with Crippen LogP contribution in [0.5, 0.6) is 0 Å². The van der Waals surface area contributed by atoms with Gasteiger partial charge in [-0.2, -0.15) is 0 Å². The van der Waals surface area contributed by atoms with Crippen LogP contribution < -0.4 is 5.32 Å². The Morgan fingerprint density at radius 3 is 3.14 bits per heavy atom. The lowest BCUT2D eigenvalue weighted by Crippen LogP contribution is -2.43. The highest BCUT2D eigenvalue weighted by molar-refractivity contribution is 7.10. The second-order valence-corrected chi connectivity index (χ2v) is 7.18. The first-order valence-corrected chi connectivity index (χ1v) is 8.84.